The Kier molecular flexibility index (Phi) is 5.46. The maximum absolute atomic E-state index is 12.8. The minimum atomic E-state index is 0.0903. The quantitative estimate of drug-likeness (QED) is 0.659. The van der Waals surface area contributed by atoms with E-state index in [1.165, 1.54) is 6.42 Å². The summed E-state index contributed by atoms with van der Waals surface area (Å²) >= 11 is 0. The van der Waals surface area contributed by atoms with Gasteiger partial charge in [-0.05, 0) is 43.5 Å². The second-order valence-corrected chi connectivity index (χ2v) is 7.67. The minimum Gasteiger partial charge on any atom is -0.497 e. The molecule has 1 saturated carbocycles. The molecule has 4 rings (SSSR count). The lowest BCUT2D eigenvalue weighted by atomic mass is 9.89. The normalized spacial score (nSPS) is 15.2. The molecule has 0 radical (unpaired) electrons. The molecule has 0 spiro atoms. The molecule has 0 aliphatic heterocycles. The summed E-state index contributed by atoms with van der Waals surface area (Å²) < 4.78 is 7.28. The topological polar surface area (TPSA) is 69.0 Å². The molecule has 3 aromatic rings. The average molecular weight is 380 g/mol. The lowest BCUT2D eigenvalue weighted by Gasteiger charge is -2.20. The molecule has 1 amide bonds. The van der Waals surface area contributed by atoms with Crippen molar-refractivity contribution in [1.29, 1.82) is 0 Å². The highest BCUT2D eigenvalue weighted by molar-refractivity contribution is 6.03. The Morgan fingerprint density at radius 3 is 2.82 bits per heavy atom. The number of hydrogen-bond acceptors (Lipinski definition) is 4. The number of rotatable bonds is 6. The molecule has 0 unspecified atom stereocenters. The van der Waals surface area contributed by atoms with Gasteiger partial charge in [0, 0.05) is 17.8 Å². The summed E-state index contributed by atoms with van der Waals surface area (Å²) in [5.41, 5.74) is 1.72. The van der Waals surface area contributed by atoms with E-state index in [0.29, 0.717) is 5.82 Å². The van der Waals surface area contributed by atoms with E-state index in [2.05, 4.69) is 18.3 Å². The van der Waals surface area contributed by atoms with Gasteiger partial charge in [-0.1, -0.05) is 32.6 Å². The predicted molar refractivity (Wildman–Crippen MR) is 112 cm³/mol. The van der Waals surface area contributed by atoms with Gasteiger partial charge >= 0.3 is 0 Å². The average Bonchev–Trinajstić information content (AvgIpc) is 3.07. The van der Waals surface area contributed by atoms with Crippen LogP contribution in [-0.2, 0) is 11.3 Å². The van der Waals surface area contributed by atoms with Gasteiger partial charge in [-0.2, -0.15) is 5.10 Å². The number of carbonyl (C=O) groups excluding carboxylic acids is 1. The third kappa shape index (κ3) is 3.68. The molecule has 2 heterocycles. The fourth-order valence-corrected chi connectivity index (χ4v) is 4.00. The van der Waals surface area contributed by atoms with E-state index in [-0.39, 0.29) is 11.8 Å². The van der Waals surface area contributed by atoms with Crippen molar-refractivity contribution in [1.82, 2.24) is 14.8 Å². The third-order valence-electron chi connectivity index (χ3n) is 5.66. The number of nitrogens with zero attached hydrogens (tertiary/aromatic N) is 3. The second kappa shape index (κ2) is 8.17. The predicted octanol–water partition coefficient (Wildman–Crippen LogP) is 4.91. The molecule has 28 heavy (non-hydrogen) atoms. The van der Waals surface area contributed by atoms with Gasteiger partial charge in [0.15, 0.2) is 11.5 Å². The number of benzene rings is 1. The Morgan fingerprint density at radius 2 is 2.07 bits per heavy atom. The number of unbranched alkanes of at least 4 members (excludes halogenated alkanes) is 1. The smallest absolute Gasteiger partial charge is 0.228 e. The van der Waals surface area contributed by atoms with Crippen molar-refractivity contribution in [3.8, 4) is 5.75 Å². The van der Waals surface area contributed by atoms with Crippen LogP contribution in [0.4, 0.5) is 5.82 Å². The minimum absolute atomic E-state index is 0.0903. The lowest BCUT2D eigenvalue weighted by molar-refractivity contribution is -0.120. The highest BCUT2D eigenvalue weighted by Gasteiger charge is 2.23. The Balaban J connectivity index is 1.74. The Hall–Kier alpha value is -2.63. The van der Waals surface area contributed by atoms with Gasteiger partial charge in [0.2, 0.25) is 5.91 Å². The summed E-state index contributed by atoms with van der Waals surface area (Å²) in [5, 5.41) is 9.69. The molecule has 1 fully saturated rings. The van der Waals surface area contributed by atoms with Crippen LogP contribution < -0.4 is 10.1 Å². The number of pyridine rings is 1. The molecule has 1 aromatic carbocycles. The summed E-state index contributed by atoms with van der Waals surface area (Å²) in [6.07, 6.45) is 7.55. The highest BCUT2D eigenvalue weighted by Crippen LogP contribution is 2.30. The molecule has 0 atom stereocenters. The molecule has 6 nitrogen and oxygen atoms in total. The molecule has 1 aliphatic rings. The molecule has 148 valence electrons. The zero-order chi connectivity index (χ0) is 19.5. The first kappa shape index (κ1) is 18.7. The van der Waals surface area contributed by atoms with E-state index in [9.17, 15) is 4.79 Å². The van der Waals surface area contributed by atoms with Crippen LogP contribution in [-0.4, -0.2) is 27.8 Å². The Labute approximate surface area is 165 Å². The number of methoxy groups -OCH3 is 1. The second-order valence-electron chi connectivity index (χ2n) is 7.67. The SMILES string of the molecule is CCCCn1nc(NC(=O)C2CCCCC2)c2cc3cc(OC)ccc3nc21. The van der Waals surface area contributed by atoms with Gasteiger partial charge in [0.05, 0.1) is 18.0 Å². The summed E-state index contributed by atoms with van der Waals surface area (Å²) in [6.45, 7) is 2.95. The summed E-state index contributed by atoms with van der Waals surface area (Å²) in [4.78, 5) is 17.6. The Bertz CT molecular complexity index is 989. The summed E-state index contributed by atoms with van der Waals surface area (Å²) in [7, 11) is 1.66. The van der Waals surface area contributed by atoms with Gasteiger partial charge in [-0.3, -0.25) is 4.79 Å². The van der Waals surface area contributed by atoms with E-state index in [1.807, 2.05) is 22.9 Å². The largest absolute Gasteiger partial charge is 0.497 e. The van der Waals surface area contributed by atoms with E-state index in [0.717, 1.165) is 72.8 Å². The molecule has 0 saturated heterocycles. The standard InChI is InChI=1S/C22H28N4O2/c1-3-4-12-26-21-18(14-16-13-17(28-2)10-11-19(16)23-21)20(25-26)24-22(27)15-8-6-5-7-9-15/h10-11,13-15H,3-9,12H2,1-2H3,(H,24,25,27). The number of aromatic nitrogens is 3. The van der Waals surface area contributed by atoms with Crippen LogP contribution >= 0.6 is 0 Å². The molecular weight excluding hydrogens is 352 g/mol. The fraction of sp³-hybridized carbons (Fsp3) is 0.500. The van der Waals surface area contributed by atoms with Crippen molar-refractivity contribution in [2.45, 2.75) is 58.4 Å². The number of hydrogen-bond donors (Lipinski definition) is 1. The molecular formula is C22H28N4O2. The van der Waals surface area contributed by atoms with E-state index in [4.69, 9.17) is 14.8 Å². The van der Waals surface area contributed by atoms with Crippen LogP contribution in [0.3, 0.4) is 0 Å². The molecule has 6 heteroatoms. The molecule has 1 aliphatic carbocycles. The summed E-state index contributed by atoms with van der Waals surface area (Å²) in [6, 6.07) is 7.91. The van der Waals surface area contributed by atoms with Crippen molar-refractivity contribution in [2.75, 3.05) is 12.4 Å². The highest BCUT2D eigenvalue weighted by atomic mass is 16.5. The van der Waals surface area contributed by atoms with Crippen LogP contribution in [0.15, 0.2) is 24.3 Å². The number of aryl methyl sites for hydroxylation is 1. The van der Waals surface area contributed by atoms with Crippen LogP contribution in [0.2, 0.25) is 0 Å². The van der Waals surface area contributed by atoms with E-state index in [1.54, 1.807) is 7.11 Å². The molecule has 2 aromatic heterocycles. The van der Waals surface area contributed by atoms with E-state index < -0.39 is 0 Å². The zero-order valence-corrected chi connectivity index (χ0v) is 16.7. The lowest BCUT2D eigenvalue weighted by Crippen LogP contribution is -2.25. The number of amides is 1. The first-order chi connectivity index (χ1) is 13.7. The fourth-order valence-electron chi connectivity index (χ4n) is 4.00. The van der Waals surface area contributed by atoms with Gasteiger partial charge in [-0.15, -0.1) is 0 Å². The van der Waals surface area contributed by atoms with Crippen LogP contribution in [0.5, 0.6) is 5.75 Å². The van der Waals surface area contributed by atoms with Crippen LogP contribution in [0, 0.1) is 5.92 Å². The van der Waals surface area contributed by atoms with Gasteiger partial charge in [0.25, 0.3) is 0 Å². The number of nitrogens with one attached hydrogen (secondary N) is 1. The van der Waals surface area contributed by atoms with Gasteiger partial charge in [0.1, 0.15) is 5.75 Å². The van der Waals surface area contributed by atoms with Crippen molar-refractivity contribution >= 4 is 33.7 Å². The number of carbonyl (C=O) groups is 1. The Morgan fingerprint density at radius 1 is 1.25 bits per heavy atom. The first-order valence-electron chi connectivity index (χ1n) is 10.4. The number of fused-ring (bicyclic) bond motifs is 2. The molecule has 0 bridgehead atoms. The monoisotopic (exact) mass is 380 g/mol. The number of anilines is 1. The maximum Gasteiger partial charge on any atom is 0.228 e. The van der Waals surface area contributed by atoms with Crippen molar-refractivity contribution < 1.29 is 9.53 Å². The van der Waals surface area contributed by atoms with Crippen molar-refractivity contribution in [3.05, 3.63) is 24.3 Å². The van der Waals surface area contributed by atoms with Crippen LogP contribution in [0.1, 0.15) is 51.9 Å². The number of ether oxygens (including phenoxy) is 1. The first-order valence-corrected chi connectivity index (χ1v) is 10.4. The van der Waals surface area contributed by atoms with Gasteiger partial charge in [-0.25, -0.2) is 9.67 Å². The maximum atomic E-state index is 12.8. The van der Waals surface area contributed by atoms with Crippen molar-refractivity contribution in [2.24, 2.45) is 5.92 Å². The van der Waals surface area contributed by atoms with Crippen LogP contribution in [0.25, 0.3) is 21.9 Å². The van der Waals surface area contributed by atoms with Gasteiger partial charge < -0.3 is 10.1 Å². The zero-order valence-electron chi connectivity index (χ0n) is 16.7. The van der Waals surface area contributed by atoms with Crippen molar-refractivity contribution in [3.63, 3.8) is 0 Å². The van der Waals surface area contributed by atoms with E-state index >= 15 is 0 Å². The third-order valence-corrected chi connectivity index (χ3v) is 5.66. The summed E-state index contributed by atoms with van der Waals surface area (Å²) in [5.74, 6) is 1.60. The molecule has 1 N–H and O–H groups in total.